The number of nitrogens with zero attached hydrogens (tertiary/aromatic N) is 2. The summed E-state index contributed by atoms with van der Waals surface area (Å²) in [4.78, 5) is 0.0187. The summed E-state index contributed by atoms with van der Waals surface area (Å²) >= 11 is 6.10. The average Bonchev–Trinajstić information content (AvgIpc) is 2.95. The first-order valence-electron chi connectivity index (χ1n) is 6.47. The lowest BCUT2D eigenvalue weighted by atomic mass is 10.1. The quantitative estimate of drug-likeness (QED) is 0.791. The van der Waals surface area contributed by atoms with E-state index in [0.29, 0.717) is 16.1 Å². The predicted octanol–water partition coefficient (Wildman–Crippen LogP) is 2.92. The molecule has 0 bridgehead atoms. The standard InChI is InChI=1S/C14H12ClN3O3S/c1-9(10-5-2-3-6-11(10)15)18-22(19,20)13-8-4-7-12-14(13)17-21-16-12/h2-9,18H,1H3. The Balaban J connectivity index is 1.97. The van der Waals surface area contributed by atoms with Gasteiger partial charge in [0.1, 0.15) is 10.4 Å². The van der Waals surface area contributed by atoms with Crippen molar-refractivity contribution in [1.29, 1.82) is 0 Å². The van der Waals surface area contributed by atoms with Crippen molar-refractivity contribution >= 4 is 32.7 Å². The molecule has 0 amide bonds. The number of nitrogens with one attached hydrogen (secondary N) is 1. The van der Waals surface area contributed by atoms with E-state index < -0.39 is 16.1 Å². The fourth-order valence-electron chi connectivity index (χ4n) is 2.18. The lowest BCUT2D eigenvalue weighted by Crippen LogP contribution is -2.27. The van der Waals surface area contributed by atoms with Crippen molar-refractivity contribution in [2.45, 2.75) is 17.9 Å². The molecule has 114 valence electrons. The zero-order valence-electron chi connectivity index (χ0n) is 11.5. The second kappa shape index (κ2) is 5.68. The van der Waals surface area contributed by atoms with Gasteiger partial charge in [0.25, 0.3) is 0 Å². The molecule has 8 heteroatoms. The van der Waals surface area contributed by atoms with E-state index in [1.54, 1.807) is 43.3 Å². The van der Waals surface area contributed by atoms with Gasteiger partial charge < -0.3 is 0 Å². The number of rotatable bonds is 4. The SMILES string of the molecule is CC(NS(=O)(=O)c1cccc2nonc12)c1ccccc1Cl. The van der Waals surface area contributed by atoms with Gasteiger partial charge in [-0.1, -0.05) is 35.9 Å². The van der Waals surface area contributed by atoms with Gasteiger partial charge >= 0.3 is 0 Å². The van der Waals surface area contributed by atoms with E-state index in [9.17, 15) is 8.42 Å². The summed E-state index contributed by atoms with van der Waals surface area (Å²) in [5.41, 5.74) is 1.27. The molecule has 2 aromatic carbocycles. The van der Waals surface area contributed by atoms with Crippen LogP contribution >= 0.6 is 11.6 Å². The number of aromatic nitrogens is 2. The Labute approximate surface area is 132 Å². The highest BCUT2D eigenvalue weighted by Gasteiger charge is 2.23. The van der Waals surface area contributed by atoms with E-state index in [4.69, 9.17) is 11.6 Å². The molecule has 0 fully saturated rings. The van der Waals surface area contributed by atoms with E-state index in [1.165, 1.54) is 6.07 Å². The number of sulfonamides is 1. The van der Waals surface area contributed by atoms with Crippen molar-refractivity contribution in [2.75, 3.05) is 0 Å². The number of hydrogen-bond donors (Lipinski definition) is 1. The van der Waals surface area contributed by atoms with Crippen molar-refractivity contribution in [3.63, 3.8) is 0 Å². The monoisotopic (exact) mass is 337 g/mol. The molecular formula is C14H12ClN3O3S. The van der Waals surface area contributed by atoms with Gasteiger partial charge in [0.15, 0.2) is 5.52 Å². The molecule has 3 aromatic rings. The summed E-state index contributed by atoms with van der Waals surface area (Å²) < 4.78 is 32.3. The van der Waals surface area contributed by atoms with Crippen LogP contribution in [0.5, 0.6) is 0 Å². The minimum atomic E-state index is -3.79. The van der Waals surface area contributed by atoms with E-state index >= 15 is 0 Å². The van der Waals surface area contributed by atoms with E-state index in [2.05, 4.69) is 19.7 Å². The Hall–Kier alpha value is -1.96. The van der Waals surface area contributed by atoms with Crippen molar-refractivity contribution < 1.29 is 13.0 Å². The van der Waals surface area contributed by atoms with Crippen LogP contribution in [-0.2, 0) is 10.0 Å². The minimum absolute atomic E-state index is 0.0187. The van der Waals surface area contributed by atoms with Gasteiger partial charge in [-0.2, -0.15) is 0 Å². The van der Waals surface area contributed by atoms with Crippen LogP contribution in [0.1, 0.15) is 18.5 Å². The highest BCUT2D eigenvalue weighted by Crippen LogP contribution is 2.25. The lowest BCUT2D eigenvalue weighted by molar-refractivity contribution is 0.315. The summed E-state index contributed by atoms with van der Waals surface area (Å²) in [6.45, 7) is 1.72. The first-order chi connectivity index (χ1) is 10.5. The average molecular weight is 338 g/mol. The number of fused-ring (bicyclic) bond motifs is 1. The zero-order chi connectivity index (χ0) is 15.7. The largest absolute Gasteiger partial charge is 0.243 e. The fraction of sp³-hybridized carbons (Fsp3) is 0.143. The van der Waals surface area contributed by atoms with E-state index in [1.807, 2.05) is 0 Å². The van der Waals surface area contributed by atoms with Gasteiger partial charge in [-0.3, -0.25) is 0 Å². The number of halogens is 1. The normalized spacial score (nSPS) is 13.4. The third-order valence-electron chi connectivity index (χ3n) is 3.24. The van der Waals surface area contributed by atoms with Gasteiger partial charge in [-0.15, -0.1) is 0 Å². The van der Waals surface area contributed by atoms with Gasteiger partial charge in [-0.05, 0) is 41.0 Å². The van der Waals surface area contributed by atoms with Gasteiger partial charge in [0, 0.05) is 11.1 Å². The molecule has 0 aliphatic rings. The molecular weight excluding hydrogens is 326 g/mol. The van der Waals surface area contributed by atoms with Crippen LogP contribution in [0.3, 0.4) is 0 Å². The smallest absolute Gasteiger partial charge is 0.243 e. The third kappa shape index (κ3) is 2.70. The first-order valence-corrected chi connectivity index (χ1v) is 8.33. The highest BCUT2D eigenvalue weighted by atomic mass is 35.5. The molecule has 1 N–H and O–H groups in total. The predicted molar refractivity (Wildman–Crippen MR) is 82.0 cm³/mol. The van der Waals surface area contributed by atoms with Crippen molar-refractivity contribution in [3.8, 4) is 0 Å². The first kappa shape index (κ1) is 15.0. The molecule has 22 heavy (non-hydrogen) atoms. The van der Waals surface area contributed by atoms with Crippen LogP contribution in [-0.4, -0.2) is 18.7 Å². The minimum Gasteiger partial charge on any atom is -0.243 e. The van der Waals surface area contributed by atoms with Crippen molar-refractivity contribution in [3.05, 3.63) is 53.1 Å². The van der Waals surface area contributed by atoms with Crippen molar-refractivity contribution in [1.82, 2.24) is 15.0 Å². The molecule has 3 rings (SSSR count). The van der Waals surface area contributed by atoms with E-state index in [0.717, 1.165) is 0 Å². The van der Waals surface area contributed by atoms with Crippen LogP contribution in [0, 0.1) is 0 Å². The molecule has 1 atom stereocenters. The molecule has 1 unspecified atom stereocenters. The number of hydrogen-bond acceptors (Lipinski definition) is 5. The molecule has 1 heterocycles. The second-order valence-corrected chi connectivity index (χ2v) is 6.84. The van der Waals surface area contributed by atoms with Crippen molar-refractivity contribution in [2.24, 2.45) is 0 Å². The second-order valence-electron chi connectivity index (χ2n) is 4.75. The molecule has 0 saturated heterocycles. The third-order valence-corrected chi connectivity index (χ3v) is 5.16. The van der Waals surface area contributed by atoms with Gasteiger partial charge in [0.05, 0.1) is 0 Å². The Bertz CT molecular complexity index is 924. The zero-order valence-corrected chi connectivity index (χ0v) is 13.1. The highest BCUT2D eigenvalue weighted by molar-refractivity contribution is 7.89. The van der Waals surface area contributed by atoms with Crippen LogP contribution in [0.2, 0.25) is 5.02 Å². The molecule has 6 nitrogen and oxygen atoms in total. The molecule has 1 aromatic heterocycles. The molecule has 0 aliphatic heterocycles. The van der Waals surface area contributed by atoms with Crippen LogP contribution in [0.4, 0.5) is 0 Å². The maximum Gasteiger partial charge on any atom is 0.243 e. The lowest BCUT2D eigenvalue weighted by Gasteiger charge is -2.15. The molecule has 0 aliphatic carbocycles. The summed E-state index contributed by atoms with van der Waals surface area (Å²) in [5, 5.41) is 7.80. The molecule has 0 saturated carbocycles. The van der Waals surface area contributed by atoms with Crippen LogP contribution in [0.15, 0.2) is 52.0 Å². The Morgan fingerprint density at radius 2 is 1.91 bits per heavy atom. The summed E-state index contributed by atoms with van der Waals surface area (Å²) in [7, 11) is -3.79. The summed E-state index contributed by atoms with van der Waals surface area (Å²) in [6.07, 6.45) is 0. The number of benzene rings is 2. The van der Waals surface area contributed by atoms with E-state index in [-0.39, 0.29) is 10.4 Å². The topological polar surface area (TPSA) is 85.1 Å². The Morgan fingerprint density at radius 1 is 1.14 bits per heavy atom. The summed E-state index contributed by atoms with van der Waals surface area (Å²) in [5.74, 6) is 0. The van der Waals surface area contributed by atoms with Gasteiger partial charge in [-0.25, -0.2) is 17.8 Å². The van der Waals surface area contributed by atoms with Crippen LogP contribution < -0.4 is 4.72 Å². The van der Waals surface area contributed by atoms with Crippen LogP contribution in [0.25, 0.3) is 11.0 Å². The van der Waals surface area contributed by atoms with Gasteiger partial charge in [0.2, 0.25) is 10.0 Å². The Kier molecular flexibility index (Phi) is 3.86. The fourth-order valence-corrected chi connectivity index (χ4v) is 3.86. The maximum absolute atomic E-state index is 12.6. The molecule has 0 spiro atoms. The summed E-state index contributed by atoms with van der Waals surface area (Å²) in [6, 6.07) is 11.2. The molecule has 0 radical (unpaired) electrons. The Morgan fingerprint density at radius 3 is 2.68 bits per heavy atom. The maximum atomic E-state index is 12.6.